The van der Waals surface area contributed by atoms with Gasteiger partial charge in [0.1, 0.15) is 5.01 Å². The van der Waals surface area contributed by atoms with Crippen LogP contribution < -0.4 is 5.73 Å². The summed E-state index contributed by atoms with van der Waals surface area (Å²) in [6.07, 6.45) is 1.68. The zero-order chi connectivity index (χ0) is 15.2. The van der Waals surface area contributed by atoms with E-state index in [9.17, 15) is 9.59 Å². The van der Waals surface area contributed by atoms with E-state index >= 15 is 0 Å². The van der Waals surface area contributed by atoms with Gasteiger partial charge < -0.3 is 10.8 Å². The molecule has 2 aromatic heterocycles. The van der Waals surface area contributed by atoms with Crippen molar-refractivity contribution in [3.8, 4) is 10.7 Å². The molecule has 0 spiro atoms. The van der Waals surface area contributed by atoms with Crippen molar-refractivity contribution in [1.82, 2.24) is 14.9 Å². The van der Waals surface area contributed by atoms with Gasteiger partial charge in [0.15, 0.2) is 0 Å². The van der Waals surface area contributed by atoms with Crippen molar-refractivity contribution < 1.29 is 14.7 Å². The molecular formula is C13H14N4O3S. The Morgan fingerprint density at radius 2 is 2.14 bits per heavy atom. The third-order valence-electron chi connectivity index (χ3n) is 2.56. The molecule has 0 bridgehead atoms. The van der Waals surface area contributed by atoms with Gasteiger partial charge in [0.2, 0.25) is 5.91 Å². The highest BCUT2D eigenvalue weighted by Gasteiger charge is 2.15. The van der Waals surface area contributed by atoms with E-state index in [0.29, 0.717) is 5.69 Å². The second kappa shape index (κ2) is 6.91. The number of aliphatic carboxylic acids is 1. The van der Waals surface area contributed by atoms with E-state index in [0.717, 1.165) is 10.7 Å². The summed E-state index contributed by atoms with van der Waals surface area (Å²) in [6, 6.07) is 5.54. The van der Waals surface area contributed by atoms with Crippen LogP contribution in [0.2, 0.25) is 0 Å². The van der Waals surface area contributed by atoms with E-state index in [1.807, 2.05) is 23.6 Å². The van der Waals surface area contributed by atoms with Gasteiger partial charge in [-0.05, 0) is 12.1 Å². The van der Waals surface area contributed by atoms with Crippen molar-refractivity contribution in [1.29, 1.82) is 0 Å². The summed E-state index contributed by atoms with van der Waals surface area (Å²) < 4.78 is 0. The van der Waals surface area contributed by atoms with Crippen LogP contribution in [0.15, 0.2) is 29.8 Å². The molecule has 0 saturated carbocycles. The van der Waals surface area contributed by atoms with Crippen LogP contribution in [0.1, 0.15) is 5.69 Å². The standard InChI is InChI=1S/C13H14N4O3S/c14-11(18)6-17(7-12(19)20)5-9-8-21-13(16-9)10-3-1-2-4-15-10/h1-4,8H,5-7H2,(H2,14,18)(H,19,20). The molecule has 7 nitrogen and oxygen atoms in total. The van der Waals surface area contributed by atoms with Gasteiger partial charge in [0, 0.05) is 18.1 Å². The Morgan fingerprint density at radius 1 is 1.33 bits per heavy atom. The number of hydrogen-bond donors (Lipinski definition) is 2. The number of carboxylic acid groups (broad SMARTS) is 1. The van der Waals surface area contributed by atoms with Crippen LogP contribution in [0.25, 0.3) is 10.7 Å². The van der Waals surface area contributed by atoms with E-state index in [2.05, 4.69) is 9.97 Å². The lowest BCUT2D eigenvalue weighted by Crippen LogP contribution is -2.36. The van der Waals surface area contributed by atoms with E-state index in [-0.39, 0.29) is 19.6 Å². The van der Waals surface area contributed by atoms with E-state index in [1.165, 1.54) is 16.2 Å². The number of carboxylic acids is 1. The van der Waals surface area contributed by atoms with Crippen molar-refractivity contribution in [2.24, 2.45) is 5.73 Å². The lowest BCUT2D eigenvalue weighted by Gasteiger charge is -2.16. The second-order valence-electron chi connectivity index (χ2n) is 4.36. The average Bonchev–Trinajstić information content (AvgIpc) is 2.86. The summed E-state index contributed by atoms with van der Waals surface area (Å²) in [5, 5.41) is 11.4. The van der Waals surface area contributed by atoms with Crippen LogP contribution in [-0.2, 0) is 16.1 Å². The molecular weight excluding hydrogens is 292 g/mol. The monoisotopic (exact) mass is 306 g/mol. The Hall–Kier alpha value is -2.32. The predicted molar refractivity (Wildman–Crippen MR) is 77.5 cm³/mol. The molecule has 0 aliphatic carbocycles. The fourth-order valence-corrected chi connectivity index (χ4v) is 2.58. The van der Waals surface area contributed by atoms with Crippen molar-refractivity contribution in [2.45, 2.75) is 6.54 Å². The number of thiazole rings is 1. The van der Waals surface area contributed by atoms with E-state index in [1.54, 1.807) is 6.20 Å². The van der Waals surface area contributed by atoms with Gasteiger partial charge >= 0.3 is 5.97 Å². The molecule has 1 amide bonds. The lowest BCUT2D eigenvalue weighted by atomic mass is 10.3. The zero-order valence-corrected chi connectivity index (χ0v) is 11.9. The second-order valence-corrected chi connectivity index (χ2v) is 5.22. The van der Waals surface area contributed by atoms with Gasteiger partial charge in [-0.2, -0.15) is 0 Å². The number of nitrogens with zero attached hydrogens (tertiary/aromatic N) is 3. The molecule has 0 saturated heterocycles. The van der Waals surface area contributed by atoms with E-state index < -0.39 is 11.9 Å². The molecule has 0 aromatic carbocycles. The van der Waals surface area contributed by atoms with E-state index in [4.69, 9.17) is 10.8 Å². The van der Waals surface area contributed by atoms with Gasteiger partial charge in [0.25, 0.3) is 0 Å². The number of carbonyl (C=O) groups excluding carboxylic acids is 1. The van der Waals surface area contributed by atoms with Gasteiger partial charge in [-0.3, -0.25) is 19.5 Å². The maximum atomic E-state index is 11.0. The Morgan fingerprint density at radius 3 is 2.76 bits per heavy atom. The molecule has 0 aliphatic heterocycles. The first-order valence-corrected chi connectivity index (χ1v) is 7.01. The maximum Gasteiger partial charge on any atom is 0.317 e. The highest BCUT2D eigenvalue weighted by Crippen LogP contribution is 2.21. The summed E-state index contributed by atoms with van der Waals surface area (Å²) in [7, 11) is 0. The molecule has 2 aromatic rings. The minimum Gasteiger partial charge on any atom is -0.480 e. The van der Waals surface area contributed by atoms with Gasteiger partial charge in [-0.15, -0.1) is 11.3 Å². The van der Waals surface area contributed by atoms with Crippen LogP contribution in [0, 0.1) is 0 Å². The number of pyridine rings is 1. The molecule has 0 aliphatic rings. The topological polar surface area (TPSA) is 109 Å². The number of aromatic nitrogens is 2. The molecule has 0 fully saturated rings. The summed E-state index contributed by atoms with van der Waals surface area (Å²) >= 11 is 1.42. The number of rotatable bonds is 7. The van der Waals surface area contributed by atoms with Crippen molar-refractivity contribution in [2.75, 3.05) is 13.1 Å². The first-order chi connectivity index (χ1) is 10.0. The minimum atomic E-state index is -1.02. The van der Waals surface area contributed by atoms with Crippen LogP contribution in [0.4, 0.5) is 0 Å². The predicted octanol–water partition coefficient (Wildman–Crippen LogP) is 0.577. The maximum absolute atomic E-state index is 11.0. The fraction of sp³-hybridized carbons (Fsp3) is 0.231. The molecule has 3 N–H and O–H groups in total. The normalized spacial score (nSPS) is 10.7. The number of amides is 1. The number of carbonyl (C=O) groups is 2. The van der Waals surface area contributed by atoms with Crippen molar-refractivity contribution in [3.05, 3.63) is 35.5 Å². The Bertz CT molecular complexity index is 613. The van der Waals surface area contributed by atoms with Crippen LogP contribution >= 0.6 is 11.3 Å². The molecule has 0 radical (unpaired) electrons. The highest BCUT2D eigenvalue weighted by molar-refractivity contribution is 7.13. The first-order valence-electron chi connectivity index (χ1n) is 6.13. The van der Waals surface area contributed by atoms with Crippen molar-refractivity contribution >= 4 is 23.2 Å². The largest absolute Gasteiger partial charge is 0.480 e. The van der Waals surface area contributed by atoms with Crippen LogP contribution in [0.5, 0.6) is 0 Å². The smallest absolute Gasteiger partial charge is 0.317 e. The van der Waals surface area contributed by atoms with Crippen molar-refractivity contribution in [3.63, 3.8) is 0 Å². The van der Waals surface area contributed by atoms with Gasteiger partial charge in [-0.1, -0.05) is 6.07 Å². The molecule has 8 heteroatoms. The van der Waals surface area contributed by atoms with Crippen LogP contribution in [0.3, 0.4) is 0 Å². The van der Waals surface area contributed by atoms with Gasteiger partial charge in [0.05, 0.1) is 24.5 Å². The Kier molecular flexibility index (Phi) is 4.96. The summed E-state index contributed by atoms with van der Waals surface area (Å²) in [5.74, 6) is -1.59. The molecule has 21 heavy (non-hydrogen) atoms. The highest BCUT2D eigenvalue weighted by atomic mass is 32.1. The molecule has 2 rings (SSSR count). The third-order valence-corrected chi connectivity index (χ3v) is 3.47. The number of hydrogen-bond acceptors (Lipinski definition) is 6. The zero-order valence-electron chi connectivity index (χ0n) is 11.1. The van der Waals surface area contributed by atoms with Gasteiger partial charge in [-0.25, -0.2) is 4.98 Å². The summed E-state index contributed by atoms with van der Waals surface area (Å²) in [5.41, 5.74) is 6.56. The molecule has 0 atom stereocenters. The quantitative estimate of drug-likeness (QED) is 0.774. The Balaban J connectivity index is 2.09. The Labute approximate surface area is 125 Å². The SMILES string of the molecule is NC(=O)CN(CC(=O)O)Cc1csc(-c2ccccn2)n1. The summed E-state index contributed by atoms with van der Waals surface area (Å²) in [6.45, 7) is -0.138. The summed E-state index contributed by atoms with van der Waals surface area (Å²) in [4.78, 5) is 31.8. The minimum absolute atomic E-state index is 0.122. The lowest BCUT2D eigenvalue weighted by molar-refractivity contribution is -0.138. The fourth-order valence-electron chi connectivity index (χ4n) is 1.79. The molecule has 110 valence electrons. The molecule has 0 unspecified atom stereocenters. The molecule has 2 heterocycles. The number of nitrogens with two attached hydrogens (primary N) is 1. The van der Waals surface area contributed by atoms with Crippen LogP contribution in [-0.4, -0.2) is 44.9 Å². The third kappa shape index (κ3) is 4.62. The number of primary amides is 1. The average molecular weight is 306 g/mol. The first kappa shape index (κ1) is 15.1.